The first kappa shape index (κ1) is 15.5. The van der Waals surface area contributed by atoms with Crippen LogP contribution < -0.4 is 5.30 Å². The van der Waals surface area contributed by atoms with Crippen LogP contribution in [0.1, 0.15) is 5.56 Å². The minimum Gasteiger partial charge on any atom is -0.309 e. The highest BCUT2D eigenvalue weighted by Gasteiger charge is 2.28. The Bertz CT molecular complexity index is 1290. The van der Waals surface area contributed by atoms with Gasteiger partial charge in [0.25, 0.3) is 0 Å². The van der Waals surface area contributed by atoms with E-state index in [1.165, 1.54) is 57.4 Å². The summed E-state index contributed by atoms with van der Waals surface area (Å²) in [6, 6.07) is 24.3. The Morgan fingerprint density at radius 3 is 2.30 bits per heavy atom. The van der Waals surface area contributed by atoms with Crippen molar-refractivity contribution in [2.45, 2.75) is 5.25 Å². The van der Waals surface area contributed by atoms with E-state index in [-0.39, 0.29) is 0 Å². The normalized spacial score (nSPS) is 18.3. The van der Waals surface area contributed by atoms with E-state index in [2.05, 4.69) is 102 Å². The van der Waals surface area contributed by atoms with Crippen LogP contribution in [0.4, 0.5) is 0 Å². The van der Waals surface area contributed by atoms with Gasteiger partial charge in [-0.1, -0.05) is 56.8 Å². The minimum absolute atomic E-state index is 0.329. The van der Waals surface area contributed by atoms with Crippen molar-refractivity contribution in [1.82, 2.24) is 4.57 Å². The number of hydrogen-bond donors (Lipinski definition) is 0. The third-order valence-electron chi connectivity index (χ3n) is 5.49. The molecule has 1 atom stereocenters. The minimum atomic E-state index is 0.329. The van der Waals surface area contributed by atoms with Gasteiger partial charge in [0.1, 0.15) is 0 Å². The lowest BCUT2D eigenvalue weighted by Crippen LogP contribution is -2.15. The molecular formula is C24H17NPS+. The summed E-state index contributed by atoms with van der Waals surface area (Å²) in [5, 5.41) is 5.78. The Morgan fingerprint density at radius 2 is 1.56 bits per heavy atom. The molecule has 0 radical (unpaired) electrons. The van der Waals surface area contributed by atoms with Crippen LogP contribution in [0.5, 0.6) is 0 Å². The first-order chi connectivity index (χ1) is 13.3. The summed E-state index contributed by atoms with van der Waals surface area (Å²) >= 11 is 3.86. The summed E-state index contributed by atoms with van der Waals surface area (Å²) in [4.78, 5) is 0. The van der Waals surface area contributed by atoms with E-state index in [1.54, 1.807) is 0 Å². The predicted molar refractivity (Wildman–Crippen MR) is 123 cm³/mol. The topological polar surface area (TPSA) is 4.93 Å². The van der Waals surface area contributed by atoms with Crippen molar-refractivity contribution < 1.29 is 0 Å². The summed E-state index contributed by atoms with van der Waals surface area (Å²) in [6.07, 6.45) is 6.62. The molecule has 2 aliphatic rings. The van der Waals surface area contributed by atoms with Crippen LogP contribution in [-0.2, 0) is 12.6 Å². The molecule has 0 N–H and O–H groups in total. The predicted octanol–water partition coefficient (Wildman–Crippen LogP) is 4.87. The molecule has 0 amide bonds. The fraction of sp³-hybridized carbons (Fsp3) is 0.0417. The van der Waals surface area contributed by atoms with Crippen LogP contribution in [0.25, 0.3) is 33.1 Å². The molecule has 1 aliphatic carbocycles. The fourth-order valence-electron chi connectivity index (χ4n) is 4.27. The molecule has 3 heteroatoms. The highest BCUT2D eigenvalue weighted by molar-refractivity contribution is 7.64. The number of rotatable bonds is 1. The van der Waals surface area contributed by atoms with Crippen LogP contribution in [0.3, 0.4) is 0 Å². The largest absolute Gasteiger partial charge is 0.309 e. The second-order valence-electron chi connectivity index (χ2n) is 7.01. The molecule has 0 bridgehead atoms. The molecule has 0 fully saturated rings. The zero-order valence-corrected chi connectivity index (χ0v) is 16.4. The van der Waals surface area contributed by atoms with Gasteiger partial charge in [-0.3, -0.25) is 0 Å². The van der Waals surface area contributed by atoms with Crippen molar-refractivity contribution in [3.05, 3.63) is 90.5 Å². The fourth-order valence-corrected chi connectivity index (χ4v) is 5.99. The highest BCUT2D eigenvalue weighted by atomic mass is 32.1. The molecule has 0 spiro atoms. The second-order valence-corrected chi connectivity index (χ2v) is 8.82. The smallest absolute Gasteiger partial charge is 0.162 e. The molecule has 0 saturated heterocycles. The van der Waals surface area contributed by atoms with Crippen molar-refractivity contribution in [3.63, 3.8) is 0 Å². The average Bonchev–Trinajstić information content (AvgIpc) is 3.24. The molecule has 27 heavy (non-hydrogen) atoms. The second kappa shape index (κ2) is 5.73. The summed E-state index contributed by atoms with van der Waals surface area (Å²) in [7, 11) is 1.32. The number of fused-ring (bicyclic) bond motifs is 6. The standard InChI is InChI=1S/C24H16NPS/c27-23-11-5-8-18-19-14-15(12-13-22(19)26-24(18)23)25-20-9-3-1-6-16(20)17-7-2-4-10-21(17)25/h1-14,23,27H/p+1. The first-order valence-corrected chi connectivity index (χ1v) is 10.6. The molecule has 3 aromatic carbocycles. The molecule has 1 aliphatic heterocycles. The van der Waals surface area contributed by atoms with Crippen LogP contribution in [0.15, 0.2) is 85.0 Å². The first-order valence-electron chi connectivity index (χ1n) is 9.13. The maximum atomic E-state index is 3.86. The summed E-state index contributed by atoms with van der Waals surface area (Å²) in [6.45, 7) is 0. The lowest BCUT2D eigenvalue weighted by atomic mass is 9.97. The van der Waals surface area contributed by atoms with Crippen molar-refractivity contribution >= 4 is 58.8 Å². The van der Waals surface area contributed by atoms with Crippen LogP contribution in [0, 0.1) is 0 Å². The van der Waals surface area contributed by atoms with Gasteiger partial charge in [-0.05, 0) is 60.2 Å². The molecule has 1 unspecified atom stereocenters. The molecule has 6 rings (SSSR count). The van der Waals surface area contributed by atoms with E-state index in [0.717, 1.165) is 0 Å². The van der Waals surface area contributed by atoms with Gasteiger partial charge in [0.2, 0.25) is 0 Å². The van der Waals surface area contributed by atoms with Crippen molar-refractivity contribution in [2.24, 2.45) is 0 Å². The van der Waals surface area contributed by atoms with Gasteiger partial charge in [-0.25, -0.2) is 0 Å². The van der Waals surface area contributed by atoms with Crippen LogP contribution >= 0.6 is 8.20 Å². The third-order valence-corrected chi connectivity index (χ3v) is 7.60. The Hall–Kier alpha value is -2.54. The maximum Gasteiger partial charge on any atom is 0.162 e. The van der Waals surface area contributed by atoms with Gasteiger partial charge < -0.3 is 4.57 Å². The van der Waals surface area contributed by atoms with Crippen molar-refractivity contribution in [2.75, 3.05) is 0 Å². The summed E-state index contributed by atoms with van der Waals surface area (Å²) < 4.78 is 2.39. The van der Waals surface area contributed by atoms with Crippen LogP contribution in [-0.4, -0.2) is 15.1 Å². The quantitative estimate of drug-likeness (QED) is 0.327. The summed E-state index contributed by atoms with van der Waals surface area (Å²) in [5.74, 6) is 0. The molecule has 128 valence electrons. The summed E-state index contributed by atoms with van der Waals surface area (Å²) in [5.41, 5.74) is 6.47. The Morgan fingerprint density at radius 1 is 0.852 bits per heavy atom. The van der Waals surface area contributed by atoms with E-state index >= 15 is 0 Å². The van der Waals surface area contributed by atoms with Gasteiger partial charge in [0.05, 0.1) is 11.0 Å². The highest BCUT2D eigenvalue weighted by Crippen LogP contribution is 2.36. The number of allylic oxidation sites excluding steroid dienone is 3. The SMILES string of the molecule is [SH2+]C1C=CC=C2C1=Pc1ccc(-n3c4ccccc4c4ccccc43)cc12. The number of hydrogen-bond acceptors (Lipinski definition) is 0. The molecular weight excluding hydrogens is 365 g/mol. The molecule has 4 aromatic rings. The number of para-hydroxylation sites is 2. The van der Waals surface area contributed by atoms with Crippen molar-refractivity contribution in [1.29, 1.82) is 0 Å². The Kier molecular flexibility index (Phi) is 3.29. The lowest BCUT2D eigenvalue weighted by Gasteiger charge is -2.13. The number of aromatic nitrogens is 1. The van der Waals surface area contributed by atoms with Gasteiger partial charge >= 0.3 is 0 Å². The van der Waals surface area contributed by atoms with Gasteiger partial charge in [-0.15, -0.1) is 0 Å². The average molecular weight is 382 g/mol. The van der Waals surface area contributed by atoms with Crippen molar-refractivity contribution in [3.8, 4) is 5.69 Å². The Labute approximate surface area is 164 Å². The number of nitrogens with zero attached hydrogens (tertiary/aromatic N) is 1. The maximum absolute atomic E-state index is 3.86. The van der Waals surface area contributed by atoms with Gasteiger partial charge in [0.15, 0.2) is 5.25 Å². The van der Waals surface area contributed by atoms with Crippen LogP contribution in [0.2, 0.25) is 0 Å². The van der Waals surface area contributed by atoms with Gasteiger partial charge in [0, 0.05) is 27.1 Å². The molecule has 1 nitrogen and oxygen atoms in total. The van der Waals surface area contributed by atoms with E-state index in [4.69, 9.17) is 0 Å². The van der Waals surface area contributed by atoms with E-state index in [1.807, 2.05) is 0 Å². The van der Waals surface area contributed by atoms with Gasteiger partial charge in [-0.2, -0.15) is 0 Å². The zero-order chi connectivity index (χ0) is 18.0. The molecule has 0 saturated carbocycles. The molecule has 1 aromatic heterocycles. The molecule has 2 heterocycles. The monoisotopic (exact) mass is 382 g/mol. The van der Waals surface area contributed by atoms with E-state index in [0.29, 0.717) is 5.25 Å². The lowest BCUT2D eigenvalue weighted by molar-refractivity contribution is 1.18. The Balaban J connectivity index is 1.64. The zero-order valence-electron chi connectivity index (χ0n) is 14.6. The third kappa shape index (κ3) is 2.18. The van der Waals surface area contributed by atoms with E-state index < -0.39 is 0 Å². The van der Waals surface area contributed by atoms with E-state index in [9.17, 15) is 0 Å². The number of benzene rings is 3.